The fourth-order valence-electron chi connectivity index (χ4n) is 3.34. The minimum Gasteiger partial charge on any atom is -0.422 e. The number of allylic oxidation sites excluding steroid dienone is 2. The number of hydrogen-bond donors (Lipinski definition) is 0. The van der Waals surface area contributed by atoms with Crippen molar-refractivity contribution < 1.29 is 19.1 Å². The summed E-state index contributed by atoms with van der Waals surface area (Å²) < 4.78 is 10.8. The third kappa shape index (κ3) is 1.92. The Bertz CT molecular complexity index is 930. The van der Waals surface area contributed by atoms with E-state index in [1.165, 1.54) is 0 Å². The summed E-state index contributed by atoms with van der Waals surface area (Å²) >= 11 is 0. The highest BCUT2D eigenvalue weighted by molar-refractivity contribution is 6.25. The van der Waals surface area contributed by atoms with Gasteiger partial charge in [0.1, 0.15) is 11.5 Å². The van der Waals surface area contributed by atoms with Crippen molar-refractivity contribution in [2.45, 2.75) is 27.7 Å². The maximum atomic E-state index is 12.1. The van der Waals surface area contributed by atoms with Crippen LogP contribution < -0.4 is 9.47 Å². The van der Waals surface area contributed by atoms with Gasteiger partial charge in [-0.3, -0.25) is 0 Å². The van der Waals surface area contributed by atoms with E-state index in [1.54, 1.807) is 0 Å². The summed E-state index contributed by atoms with van der Waals surface area (Å²) in [6.07, 6.45) is 0. The molecule has 0 radical (unpaired) electrons. The van der Waals surface area contributed by atoms with E-state index in [4.69, 9.17) is 9.47 Å². The molecule has 4 nitrogen and oxygen atoms in total. The lowest BCUT2D eigenvalue weighted by Gasteiger charge is -2.05. The number of fused-ring (bicyclic) bond motifs is 3. The first-order valence-corrected chi connectivity index (χ1v) is 7.78. The molecule has 0 saturated carbocycles. The predicted molar refractivity (Wildman–Crippen MR) is 91.8 cm³/mol. The summed E-state index contributed by atoms with van der Waals surface area (Å²) in [4.78, 5) is 24.2. The van der Waals surface area contributed by atoms with Crippen molar-refractivity contribution in [3.63, 3.8) is 0 Å². The Kier molecular flexibility index (Phi) is 2.94. The van der Waals surface area contributed by atoms with Crippen LogP contribution in [0.2, 0.25) is 0 Å². The normalized spacial score (nSPS) is 15.3. The largest absolute Gasteiger partial charge is 0.422 e. The van der Waals surface area contributed by atoms with E-state index in [0.717, 1.165) is 33.0 Å². The zero-order valence-corrected chi connectivity index (χ0v) is 13.9. The molecule has 4 heteroatoms. The number of rotatable bonds is 0. The molecule has 0 fully saturated rings. The fourth-order valence-corrected chi connectivity index (χ4v) is 3.34. The molecule has 24 heavy (non-hydrogen) atoms. The maximum Gasteiger partial charge on any atom is 0.344 e. The van der Waals surface area contributed by atoms with Crippen molar-refractivity contribution in [2.75, 3.05) is 0 Å². The van der Waals surface area contributed by atoms with E-state index in [2.05, 4.69) is 0 Å². The molecule has 0 spiro atoms. The molecule has 2 heterocycles. The average molecular weight is 320 g/mol. The lowest BCUT2D eigenvalue weighted by Crippen LogP contribution is -2.01. The van der Waals surface area contributed by atoms with Crippen LogP contribution in [0.3, 0.4) is 0 Å². The van der Waals surface area contributed by atoms with Crippen LogP contribution in [0.4, 0.5) is 0 Å². The van der Waals surface area contributed by atoms with Crippen molar-refractivity contribution in [2.24, 2.45) is 0 Å². The van der Waals surface area contributed by atoms with Gasteiger partial charge in [-0.1, -0.05) is 11.1 Å². The summed E-state index contributed by atoms with van der Waals surface area (Å²) in [7, 11) is 0. The fraction of sp³-hybridized carbons (Fsp3) is 0.200. The molecule has 0 bridgehead atoms. The topological polar surface area (TPSA) is 52.6 Å². The Balaban J connectivity index is 2.00. The summed E-state index contributed by atoms with van der Waals surface area (Å²) in [5.41, 5.74) is 4.62. The Hall–Kier alpha value is -2.88. The van der Waals surface area contributed by atoms with E-state index < -0.39 is 0 Å². The van der Waals surface area contributed by atoms with Gasteiger partial charge in [0.25, 0.3) is 0 Å². The van der Waals surface area contributed by atoms with Gasteiger partial charge in [-0.2, -0.15) is 0 Å². The second-order valence-corrected chi connectivity index (χ2v) is 6.57. The van der Waals surface area contributed by atoms with Crippen LogP contribution in [0.15, 0.2) is 35.4 Å². The Morgan fingerprint density at radius 1 is 0.667 bits per heavy atom. The van der Waals surface area contributed by atoms with Crippen molar-refractivity contribution >= 4 is 33.9 Å². The minimum atomic E-state index is -0.315. The van der Waals surface area contributed by atoms with E-state index in [-0.39, 0.29) is 11.9 Å². The van der Waals surface area contributed by atoms with Gasteiger partial charge in [-0.05, 0) is 62.7 Å². The van der Waals surface area contributed by atoms with Gasteiger partial charge in [-0.25, -0.2) is 9.59 Å². The molecule has 2 aliphatic heterocycles. The van der Waals surface area contributed by atoms with E-state index in [1.807, 2.05) is 52.0 Å². The summed E-state index contributed by atoms with van der Waals surface area (Å²) in [6.45, 7) is 7.56. The first kappa shape index (κ1) is 14.7. The van der Waals surface area contributed by atoms with Crippen LogP contribution >= 0.6 is 0 Å². The van der Waals surface area contributed by atoms with Crippen molar-refractivity contribution in [3.05, 3.63) is 46.5 Å². The molecule has 120 valence electrons. The molecule has 0 aliphatic carbocycles. The number of ether oxygens (including phenoxy) is 2. The van der Waals surface area contributed by atoms with Crippen LogP contribution in [0.5, 0.6) is 11.5 Å². The smallest absolute Gasteiger partial charge is 0.344 e. The van der Waals surface area contributed by atoms with Crippen LogP contribution in [0.1, 0.15) is 38.8 Å². The van der Waals surface area contributed by atoms with Gasteiger partial charge in [0.2, 0.25) is 0 Å². The van der Waals surface area contributed by atoms with Crippen molar-refractivity contribution in [3.8, 4) is 11.5 Å². The summed E-state index contributed by atoms with van der Waals surface area (Å²) in [5.74, 6) is 0.494. The first-order valence-electron chi connectivity index (χ1n) is 7.78. The molecule has 4 rings (SSSR count). The minimum absolute atomic E-state index is 0.315. The third-order valence-electron chi connectivity index (χ3n) is 4.39. The maximum absolute atomic E-state index is 12.1. The standard InChI is InChI=1S/C20H16O4/c1-9(2)17-13-5-11-8-16-14(18(10(3)4)20(22)24-16)6-12(11)7-15(13)23-19(17)21/h5-8H,1-4H3. The highest BCUT2D eigenvalue weighted by Crippen LogP contribution is 2.43. The quantitative estimate of drug-likeness (QED) is 0.413. The monoisotopic (exact) mass is 320 g/mol. The highest BCUT2D eigenvalue weighted by atomic mass is 16.5. The van der Waals surface area contributed by atoms with E-state index in [9.17, 15) is 9.59 Å². The Labute approximate surface area is 139 Å². The molecule has 2 aromatic rings. The third-order valence-corrected chi connectivity index (χ3v) is 4.39. The van der Waals surface area contributed by atoms with E-state index in [0.29, 0.717) is 22.6 Å². The van der Waals surface area contributed by atoms with Gasteiger partial charge >= 0.3 is 11.9 Å². The number of benzene rings is 2. The Morgan fingerprint density at radius 2 is 1.04 bits per heavy atom. The van der Waals surface area contributed by atoms with Crippen LogP contribution in [-0.4, -0.2) is 11.9 Å². The SMILES string of the molecule is CC(C)=C1C(=O)Oc2cc3cc4c(cc3cc21)OC(=O)C4=C(C)C. The molecule has 2 aromatic carbocycles. The average Bonchev–Trinajstić information content (AvgIpc) is 2.96. The van der Waals surface area contributed by atoms with Gasteiger partial charge in [0.05, 0.1) is 11.1 Å². The summed E-state index contributed by atoms with van der Waals surface area (Å²) in [5, 5.41) is 1.82. The van der Waals surface area contributed by atoms with E-state index >= 15 is 0 Å². The zero-order valence-electron chi connectivity index (χ0n) is 13.9. The molecular weight excluding hydrogens is 304 g/mol. The van der Waals surface area contributed by atoms with Crippen LogP contribution in [-0.2, 0) is 9.59 Å². The molecule has 0 unspecified atom stereocenters. The van der Waals surface area contributed by atoms with Gasteiger partial charge in [-0.15, -0.1) is 0 Å². The van der Waals surface area contributed by atoms with Crippen molar-refractivity contribution in [1.29, 1.82) is 0 Å². The molecule has 0 aromatic heterocycles. The zero-order chi connectivity index (χ0) is 17.2. The van der Waals surface area contributed by atoms with Gasteiger partial charge < -0.3 is 9.47 Å². The lowest BCUT2D eigenvalue weighted by atomic mass is 9.95. The number of carbonyl (C=O) groups is 2. The molecule has 0 N–H and O–H groups in total. The van der Waals surface area contributed by atoms with Crippen LogP contribution in [0, 0.1) is 0 Å². The molecule has 0 saturated heterocycles. The second-order valence-electron chi connectivity index (χ2n) is 6.57. The highest BCUT2D eigenvalue weighted by Gasteiger charge is 2.31. The molecule has 0 amide bonds. The van der Waals surface area contributed by atoms with Crippen molar-refractivity contribution in [1.82, 2.24) is 0 Å². The number of carbonyl (C=O) groups excluding carboxylic acids is 2. The van der Waals surface area contributed by atoms with Gasteiger partial charge in [0.15, 0.2) is 0 Å². The van der Waals surface area contributed by atoms with Crippen LogP contribution in [0.25, 0.3) is 21.9 Å². The van der Waals surface area contributed by atoms with Gasteiger partial charge in [0, 0.05) is 11.1 Å². The predicted octanol–water partition coefficient (Wildman–Crippen LogP) is 4.26. The summed E-state index contributed by atoms with van der Waals surface area (Å²) in [6, 6.07) is 7.55. The number of esters is 2. The second kappa shape index (κ2) is 4.81. The molecule has 2 aliphatic rings. The number of hydrogen-bond acceptors (Lipinski definition) is 4. The molecular formula is C20H16O4. The Morgan fingerprint density at radius 3 is 1.38 bits per heavy atom. The lowest BCUT2D eigenvalue weighted by molar-refractivity contribution is -0.127. The first-order chi connectivity index (χ1) is 11.4. The molecule has 0 atom stereocenters.